The van der Waals surface area contributed by atoms with Crippen LogP contribution in [0.15, 0.2) is 42.9 Å². The van der Waals surface area contributed by atoms with Crippen LogP contribution in [0.4, 0.5) is 5.82 Å². The van der Waals surface area contributed by atoms with E-state index >= 15 is 0 Å². The molecule has 0 amide bonds. The third kappa shape index (κ3) is 4.78. The lowest BCUT2D eigenvalue weighted by Crippen LogP contribution is -2.20. The number of hydrogen-bond donors (Lipinski definition) is 3. The van der Waals surface area contributed by atoms with Gasteiger partial charge in [-0.15, -0.1) is 0 Å². The second-order valence-corrected chi connectivity index (χ2v) is 8.67. The van der Waals surface area contributed by atoms with Gasteiger partial charge < -0.3 is 15.0 Å². The van der Waals surface area contributed by atoms with Gasteiger partial charge in [-0.25, -0.2) is 15.1 Å². The molecule has 30 heavy (non-hydrogen) atoms. The number of benzene rings is 1. The number of nitrogens with one attached hydrogen (secondary N) is 1. The summed E-state index contributed by atoms with van der Waals surface area (Å²) in [4.78, 5) is 8.85. The Morgan fingerprint density at radius 3 is 2.93 bits per heavy atom. The Bertz CT molecular complexity index is 1130. The molecule has 1 aliphatic carbocycles. The highest BCUT2D eigenvalue weighted by Crippen LogP contribution is 2.34. The smallest absolute Gasteiger partial charge is 0.333 e. The van der Waals surface area contributed by atoms with Crippen molar-refractivity contribution in [3.8, 4) is 0 Å². The molecule has 3 aromatic rings. The zero-order valence-electron chi connectivity index (χ0n) is 16.4. The molecule has 2 unspecified atom stereocenters. The van der Waals surface area contributed by atoms with Crippen molar-refractivity contribution in [2.24, 2.45) is 5.14 Å². The van der Waals surface area contributed by atoms with Crippen molar-refractivity contribution in [1.29, 1.82) is 0 Å². The Morgan fingerprint density at radius 2 is 2.10 bits per heavy atom. The number of nitrogens with zero attached hydrogens (tertiary/aromatic N) is 3. The predicted molar refractivity (Wildman–Crippen MR) is 113 cm³/mol. The molecule has 0 aliphatic heterocycles. The minimum absolute atomic E-state index is 0.147. The maximum atomic E-state index is 10.8. The number of rotatable bonds is 9. The molecule has 2 heterocycles. The summed E-state index contributed by atoms with van der Waals surface area (Å²) in [6.45, 7) is 0.383. The molecule has 2 atom stereocenters. The lowest BCUT2D eigenvalue weighted by Gasteiger charge is -2.15. The Balaban J connectivity index is 1.41. The summed E-state index contributed by atoms with van der Waals surface area (Å²) in [6, 6.07) is 10.6. The summed E-state index contributed by atoms with van der Waals surface area (Å²) in [6.07, 6.45) is 5.44. The SMILES string of the molecule is NS(=O)(=O)OCCC(O)CCn1ccc2c(NC3CCc4ccccc43)ncnc21. The molecule has 160 valence electrons. The van der Waals surface area contributed by atoms with Crippen molar-refractivity contribution in [3.63, 3.8) is 0 Å². The summed E-state index contributed by atoms with van der Waals surface area (Å²) in [7, 11) is -3.98. The third-order valence-electron chi connectivity index (χ3n) is 5.40. The van der Waals surface area contributed by atoms with E-state index in [1.807, 2.05) is 16.8 Å². The van der Waals surface area contributed by atoms with Crippen LogP contribution in [0, 0.1) is 0 Å². The first kappa shape index (κ1) is 20.7. The average Bonchev–Trinajstić information content (AvgIpc) is 3.30. The molecule has 0 spiro atoms. The Labute approximate surface area is 175 Å². The van der Waals surface area contributed by atoms with Crippen LogP contribution in [0.25, 0.3) is 11.0 Å². The first-order valence-electron chi connectivity index (χ1n) is 9.90. The predicted octanol–water partition coefficient (Wildman–Crippen LogP) is 1.89. The second-order valence-electron chi connectivity index (χ2n) is 7.45. The fourth-order valence-electron chi connectivity index (χ4n) is 3.90. The number of hydrogen-bond acceptors (Lipinski definition) is 7. The van der Waals surface area contributed by atoms with Crippen molar-refractivity contribution < 1.29 is 17.7 Å². The maximum Gasteiger partial charge on any atom is 0.333 e. The first-order valence-corrected chi connectivity index (χ1v) is 11.4. The van der Waals surface area contributed by atoms with Crippen LogP contribution in [0.2, 0.25) is 0 Å². The number of fused-ring (bicyclic) bond motifs is 2. The van der Waals surface area contributed by atoms with Gasteiger partial charge in [-0.3, -0.25) is 4.18 Å². The van der Waals surface area contributed by atoms with Crippen molar-refractivity contribution >= 4 is 27.2 Å². The molecule has 9 nitrogen and oxygen atoms in total. The Hall–Kier alpha value is -2.53. The quantitative estimate of drug-likeness (QED) is 0.471. The van der Waals surface area contributed by atoms with E-state index in [4.69, 9.17) is 5.14 Å². The van der Waals surface area contributed by atoms with Crippen LogP contribution >= 0.6 is 0 Å². The Kier molecular flexibility index (Phi) is 6.00. The van der Waals surface area contributed by atoms with Crippen LogP contribution in [0.3, 0.4) is 0 Å². The van der Waals surface area contributed by atoms with Crippen molar-refractivity contribution in [1.82, 2.24) is 14.5 Å². The van der Waals surface area contributed by atoms with Crippen LogP contribution in [0.5, 0.6) is 0 Å². The van der Waals surface area contributed by atoms with Crippen molar-refractivity contribution in [2.75, 3.05) is 11.9 Å². The summed E-state index contributed by atoms with van der Waals surface area (Å²) < 4.78 is 28.0. The molecule has 0 radical (unpaired) electrons. The molecule has 0 saturated carbocycles. The zero-order chi connectivity index (χ0) is 21.1. The van der Waals surface area contributed by atoms with Crippen LogP contribution in [-0.2, 0) is 27.5 Å². The monoisotopic (exact) mass is 431 g/mol. The number of aliphatic hydroxyl groups excluding tert-OH is 1. The molecule has 0 fully saturated rings. The molecular formula is C20H25N5O4S. The molecule has 0 saturated heterocycles. The van der Waals surface area contributed by atoms with E-state index in [1.165, 1.54) is 11.1 Å². The van der Waals surface area contributed by atoms with Gasteiger partial charge in [0.05, 0.1) is 24.1 Å². The van der Waals surface area contributed by atoms with E-state index < -0.39 is 16.4 Å². The van der Waals surface area contributed by atoms with Gasteiger partial charge in [0.1, 0.15) is 17.8 Å². The number of aryl methyl sites for hydroxylation is 2. The molecule has 1 aliphatic rings. The van der Waals surface area contributed by atoms with Gasteiger partial charge in [-0.2, -0.15) is 8.42 Å². The lowest BCUT2D eigenvalue weighted by molar-refractivity contribution is 0.128. The molecule has 2 aromatic heterocycles. The van der Waals surface area contributed by atoms with E-state index in [-0.39, 0.29) is 19.1 Å². The molecule has 0 bridgehead atoms. The highest BCUT2D eigenvalue weighted by atomic mass is 32.2. The Morgan fingerprint density at radius 1 is 1.27 bits per heavy atom. The topological polar surface area (TPSA) is 132 Å². The van der Waals surface area contributed by atoms with E-state index in [0.29, 0.717) is 13.0 Å². The third-order valence-corrected chi connectivity index (χ3v) is 5.90. The zero-order valence-corrected chi connectivity index (χ0v) is 17.3. The highest BCUT2D eigenvalue weighted by Gasteiger charge is 2.23. The molecule has 1 aromatic carbocycles. The largest absolute Gasteiger partial charge is 0.393 e. The van der Waals surface area contributed by atoms with Gasteiger partial charge in [0.25, 0.3) is 0 Å². The van der Waals surface area contributed by atoms with E-state index in [2.05, 4.69) is 43.7 Å². The molecule has 10 heteroatoms. The fraction of sp³-hybridized carbons (Fsp3) is 0.400. The van der Waals surface area contributed by atoms with Crippen LogP contribution < -0.4 is 10.5 Å². The average molecular weight is 432 g/mol. The van der Waals surface area contributed by atoms with Gasteiger partial charge in [0.2, 0.25) is 0 Å². The molecule has 4 N–H and O–H groups in total. The van der Waals surface area contributed by atoms with Gasteiger partial charge in [-0.1, -0.05) is 24.3 Å². The normalized spacial score (nSPS) is 17.2. The lowest BCUT2D eigenvalue weighted by atomic mass is 10.1. The highest BCUT2D eigenvalue weighted by molar-refractivity contribution is 7.84. The van der Waals surface area contributed by atoms with E-state index in [1.54, 1.807) is 6.33 Å². The molecule has 4 rings (SSSR count). The van der Waals surface area contributed by atoms with Gasteiger partial charge in [0.15, 0.2) is 0 Å². The number of aromatic nitrogens is 3. The summed E-state index contributed by atoms with van der Waals surface area (Å²) in [5.74, 6) is 0.794. The number of anilines is 1. The van der Waals surface area contributed by atoms with Crippen LogP contribution in [-0.4, -0.2) is 40.8 Å². The number of aliphatic hydroxyl groups is 1. The first-order chi connectivity index (χ1) is 14.4. The van der Waals surface area contributed by atoms with E-state index in [9.17, 15) is 13.5 Å². The van der Waals surface area contributed by atoms with Gasteiger partial charge >= 0.3 is 10.3 Å². The standard InChI is InChI=1S/C20H25N5O4S/c21-30(27,28)29-12-9-15(26)7-10-25-11-8-17-19(22-13-23-20(17)25)24-18-6-5-14-3-1-2-4-16(14)18/h1-4,8,11,13,15,18,26H,5-7,9-10,12H2,(H2,21,27,28)(H,22,23,24). The van der Waals surface area contributed by atoms with Crippen molar-refractivity contribution in [2.45, 2.75) is 44.4 Å². The van der Waals surface area contributed by atoms with Gasteiger partial charge in [-0.05, 0) is 42.9 Å². The minimum Gasteiger partial charge on any atom is -0.393 e. The molecular weight excluding hydrogens is 406 g/mol. The summed E-state index contributed by atoms with van der Waals surface area (Å²) in [5, 5.41) is 19.3. The minimum atomic E-state index is -3.98. The fourth-order valence-corrected chi connectivity index (χ4v) is 4.23. The van der Waals surface area contributed by atoms with E-state index in [0.717, 1.165) is 29.7 Å². The summed E-state index contributed by atoms with van der Waals surface area (Å²) >= 11 is 0. The summed E-state index contributed by atoms with van der Waals surface area (Å²) in [5.41, 5.74) is 3.47. The van der Waals surface area contributed by atoms with Crippen LogP contribution in [0.1, 0.15) is 36.4 Å². The van der Waals surface area contributed by atoms with Gasteiger partial charge in [0, 0.05) is 12.7 Å². The van der Waals surface area contributed by atoms with Crippen molar-refractivity contribution in [3.05, 3.63) is 54.0 Å². The maximum absolute atomic E-state index is 10.8. The number of nitrogens with two attached hydrogens (primary N) is 1. The second kappa shape index (κ2) is 8.68.